The molecular formula is C24H33IN4O2. The second-order valence-electron chi connectivity index (χ2n) is 7.75. The van der Waals surface area contributed by atoms with Crippen LogP contribution in [0.25, 0.3) is 0 Å². The van der Waals surface area contributed by atoms with Gasteiger partial charge in [0, 0.05) is 31.2 Å². The number of amides is 1. The molecule has 1 fully saturated rings. The normalized spacial score (nSPS) is 18.7. The first-order valence-electron chi connectivity index (χ1n) is 10.7. The van der Waals surface area contributed by atoms with Crippen LogP contribution in [-0.4, -0.2) is 31.6 Å². The molecule has 1 heterocycles. The molecule has 4 N–H and O–H groups in total. The zero-order chi connectivity index (χ0) is 21.3. The Hall–Kier alpha value is -2.13. The van der Waals surface area contributed by atoms with Crippen LogP contribution in [0.1, 0.15) is 52.9 Å². The minimum Gasteiger partial charge on any atom is -0.373 e. The predicted octanol–water partition coefficient (Wildman–Crippen LogP) is 3.93. The minimum atomic E-state index is -0.426. The van der Waals surface area contributed by atoms with Gasteiger partial charge in [-0.05, 0) is 49.9 Å². The van der Waals surface area contributed by atoms with Gasteiger partial charge in [-0.2, -0.15) is 0 Å². The van der Waals surface area contributed by atoms with Crippen molar-refractivity contribution in [1.82, 2.24) is 10.6 Å². The Morgan fingerprint density at radius 1 is 1.19 bits per heavy atom. The number of primary amides is 1. The molecule has 0 bridgehead atoms. The van der Waals surface area contributed by atoms with E-state index in [1.165, 1.54) is 11.1 Å². The number of hydrogen-bond donors (Lipinski definition) is 3. The molecule has 0 aliphatic carbocycles. The number of aliphatic imine (C=N–C) groups is 1. The lowest BCUT2D eigenvalue weighted by atomic mass is 9.89. The van der Waals surface area contributed by atoms with Crippen LogP contribution in [0.2, 0.25) is 0 Å². The summed E-state index contributed by atoms with van der Waals surface area (Å²) in [6.07, 6.45) is 2.29. The summed E-state index contributed by atoms with van der Waals surface area (Å²) in [6.45, 7) is 6.98. The van der Waals surface area contributed by atoms with Gasteiger partial charge >= 0.3 is 0 Å². The molecule has 2 atom stereocenters. The molecule has 0 radical (unpaired) electrons. The Balaban J connectivity index is 0.00000341. The maximum absolute atomic E-state index is 11.4. The van der Waals surface area contributed by atoms with Crippen molar-refractivity contribution in [3.05, 3.63) is 70.8 Å². The van der Waals surface area contributed by atoms with Crippen LogP contribution >= 0.6 is 24.0 Å². The summed E-state index contributed by atoms with van der Waals surface area (Å²) in [4.78, 5) is 16.1. The number of nitrogens with zero attached hydrogens (tertiary/aromatic N) is 1. The largest absolute Gasteiger partial charge is 0.373 e. The average Bonchev–Trinajstić information content (AvgIpc) is 2.76. The van der Waals surface area contributed by atoms with Crippen molar-refractivity contribution in [2.45, 2.75) is 39.3 Å². The molecule has 168 valence electrons. The van der Waals surface area contributed by atoms with Crippen molar-refractivity contribution < 1.29 is 9.53 Å². The second kappa shape index (κ2) is 12.7. The minimum absolute atomic E-state index is 0. The predicted molar refractivity (Wildman–Crippen MR) is 136 cm³/mol. The topological polar surface area (TPSA) is 88.7 Å². The fraction of sp³-hybridized carbons (Fsp3) is 0.417. The number of guanidine groups is 1. The van der Waals surface area contributed by atoms with E-state index in [2.05, 4.69) is 46.8 Å². The van der Waals surface area contributed by atoms with Gasteiger partial charge in [-0.25, -0.2) is 4.99 Å². The van der Waals surface area contributed by atoms with Crippen molar-refractivity contribution in [3.8, 4) is 0 Å². The van der Waals surface area contributed by atoms with E-state index >= 15 is 0 Å². The highest BCUT2D eigenvalue weighted by Crippen LogP contribution is 2.33. The average molecular weight is 536 g/mol. The van der Waals surface area contributed by atoms with E-state index in [-0.39, 0.29) is 30.1 Å². The molecule has 31 heavy (non-hydrogen) atoms. The summed E-state index contributed by atoms with van der Waals surface area (Å²) >= 11 is 0. The van der Waals surface area contributed by atoms with E-state index in [1.54, 1.807) is 12.1 Å². The molecule has 1 amide bonds. The van der Waals surface area contributed by atoms with Crippen LogP contribution < -0.4 is 16.4 Å². The highest BCUT2D eigenvalue weighted by Gasteiger charge is 2.27. The quantitative estimate of drug-likeness (QED) is 0.284. The molecule has 6 nitrogen and oxygen atoms in total. The third kappa shape index (κ3) is 7.50. The van der Waals surface area contributed by atoms with Gasteiger partial charge in [0.15, 0.2) is 5.96 Å². The van der Waals surface area contributed by atoms with Crippen LogP contribution in [0.5, 0.6) is 0 Å². The summed E-state index contributed by atoms with van der Waals surface area (Å²) in [5.74, 6) is 0.712. The van der Waals surface area contributed by atoms with Crippen molar-refractivity contribution in [2.75, 3.05) is 19.7 Å². The molecule has 7 heteroatoms. The summed E-state index contributed by atoms with van der Waals surface area (Å²) in [6, 6.07) is 15.9. The van der Waals surface area contributed by atoms with Crippen LogP contribution in [0.4, 0.5) is 0 Å². The fourth-order valence-electron chi connectivity index (χ4n) is 3.74. The molecule has 0 spiro atoms. The molecular weight excluding hydrogens is 503 g/mol. The van der Waals surface area contributed by atoms with Gasteiger partial charge in [0.25, 0.3) is 0 Å². The van der Waals surface area contributed by atoms with Gasteiger partial charge in [-0.1, -0.05) is 42.0 Å². The first kappa shape index (κ1) is 25.1. The summed E-state index contributed by atoms with van der Waals surface area (Å²) in [7, 11) is 0. The molecule has 2 aromatic carbocycles. The highest BCUT2D eigenvalue weighted by atomic mass is 127. The summed E-state index contributed by atoms with van der Waals surface area (Å²) in [5, 5.41) is 6.77. The zero-order valence-electron chi connectivity index (χ0n) is 18.3. The third-order valence-corrected chi connectivity index (χ3v) is 5.36. The van der Waals surface area contributed by atoms with Crippen LogP contribution in [-0.2, 0) is 11.3 Å². The number of halogens is 1. The lowest BCUT2D eigenvalue weighted by Crippen LogP contribution is -2.42. The number of aryl methyl sites for hydroxylation is 1. The summed E-state index contributed by atoms with van der Waals surface area (Å²) in [5.41, 5.74) is 9.31. The van der Waals surface area contributed by atoms with E-state index in [4.69, 9.17) is 10.5 Å². The monoisotopic (exact) mass is 536 g/mol. The van der Waals surface area contributed by atoms with E-state index in [1.807, 2.05) is 19.1 Å². The lowest BCUT2D eigenvalue weighted by Gasteiger charge is -2.32. The number of benzene rings is 2. The zero-order valence-corrected chi connectivity index (χ0v) is 20.6. The Kier molecular flexibility index (Phi) is 10.3. The highest BCUT2D eigenvalue weighted by molar-refractivity contribution is 14.0. The Morgan fingerprint density at radius 3 is 2.68 bits per heavy atom. The van der Waals surface area contributed by atoms with Gasteiger partial charge in [0.1, 0.15) is 0 Å². The van der Waals surface area contributed by atoms with Crippen LogP contribution in [0.3, 0.4) is 0 Å². The third-order valence-electron chi connectivity index (χ3n) is 5.36. The van der Waals surface area contributed by atoms with Crippen molar-refractivity contribution in [3.63, 3.8) is 0 Å². The maximum atomic E-state index is 11.4. The lowest BCUT2D eigenvalue weighted by molar-refractivity contribution is -0.0265. The molecule has 0 aromatic heterocycles. The number of rotatable bonds is 7. The molecule has 1 aliphatic heterocycles. The molecule has 0 saturated carbocycles. The van der Waals surface area contributed by atoms with E-state index in [9.17, 15) is 4.79 Å². The van der Waals surface area contributed by atoms with Crippen molar-refractivity contribution in [1.29, 1.82) is 0 Å². The molecule has 1 aliphatic rings. The number of carbonyl (C=O) groups is 1. The standard InChI is InChI=1S/C24H32N4O2.HI/c1-3-26-24(27-15-18-6-4-7-20(14-18)23(25)29)28-16-21-8-5-13-30-22(21)19-11-9-17(2)10-12-19;/h4,6-7,9-12,14,21-22H,3,5,8,13,15-16H2,1-2H3,(H2,25,29)(H2,26,27,28);1H. The van der Waals surface area contributed by atoms with Gasteiger partial charge in [0.05, 0.1) is 12.6 Å². The van der Waals surface area contributed by atoms with Crippen LogP contribution in [0.15, 0.2) is 53.5 Å². The Morgan fingerprint density at radius 2 is 1.97 bits per heavy atom. The number of hydrogen-bond acceptors (Lipinski definition) is 3. The first-order chi connectivity index (χ1) is 14.6. The molecule has 2 aromatic rings. The summed E-state index contributed by atoms with van der Waals surface area (Å²) < 4.78 is 6.13. The number of carbonyl (C=O) groups excluding carboxylic acids is 1. The Labute approximate surface area is 202 Å². The number of nitrogens with one attached hydrogen (secondary N) is 2. The fourth-order valence-corrected chi connectivity index (χ4v) is 3.74. The van der Waals surface area contributed by atoms with Crippen molar-refractivity contribution >= 4 is 35.8 Å². The van der Waals surface area contributed by atoms with Crippen LogP contribution in [0, 0.1) is 12.8 Å². The van der Waals surface area contributed by atoms with Gasteiger partial charge < -0.3 is 21.1 Å². The van der Waals surface area contributed by atoms with E-state index < -0.39 is 5.91 Å². The second-order valence-corrected chi connectivity index (χ2v) is 7.75. The van der Waals surface area contributed by atoms with Gasteiger partial charge in [-0.15, -0.1) is 24.0 Å². The SMILES string of the molecule is CCNC(=NCc1cccc(C(N)=O)c1)NCC1CCCOC1c1ccc(C)cc1.I. The molecule has 2 unspecified atom stereocenters. The van der Waals surface area contributed by atoms with Gasteiger partial charge in [-0.3, -0.25) is 4.79 Å². The number of nitrogens with two attached hydrogens (primary N) is 1. The molecule has 3 rings (SSSR count). The smallest absolute Gasteiger partial charge is 0.248 e. The van der Waals surface area contributed by atoms with E-state index in [0.717, 1.165) is 44.1 Å². The maximum Gasteiger partial charge on any atom is 0.248 e. The molecule has 1 saturated heterocycles. The Bertz CT molecular complexity index is 870. The van der Waals surface area contributed by atoms with Crippen molar-refractivity contribution in [2.24, 2.45) is 16.6 Å². The van der Waals surface area contributed by atoms with Gasteiger partial charge in [0.2, 0.25) is 5.91 Å². The van der Waals surface area contributed by atoms with E-state index in [0.29, 0.717) is 18.0 Å². The number of ether oxygens (including phenoxy) is 1. The first-order valence-corrected chi connectivity index (χ1v) is 10.7.